The summed E-state index contributed by atoms with van der Waals surface area (Å²) in [6, 6.07) is 14.6. The number of nitrogens with one attached hydrogen (secondary N) is 1. The summed E-state index contributed by atoms with van der Waals surface area (Å²) in [6.45, 7) is 0. The van der Waals surface area contributed by atoms with E-state index in [-0.39, 0.29) is 5.82 Å². The minimum Gasteiger partial charge on any atom is -0.342 e. The first kappa shape index (κ1) is 10.0. The van der Waals surface area contributed by atoms with E-state index in [1.165, 1.54) is 6.07 Å². The van der Waals surface area contributed by atoms with Crippen LogP contribution in [0, 0.1) is 5.82 Å². The minimum absolute atomic E-state index is 0.187. The third-order valence-corrected chi connectivity index (χ3v) is 2.75. The van der Waals surface area contributed by atoms with Gasteiger partial charge in [-0.2, -0.15) is 0 Å². The molecule has 0 aliphatic heterocycles. The van der Waals surface area contributed by atoms with E-state index >= 15 is 0 Å². The van der Waals surface area contributed by atoms with Crippen molar-refractivity contribution in [2.24, 2.45) is 0 Å². The van der Waals surface area contributed by atoms with Crippen molar-refractivity contribution in [3.05, 3.63) is 65.7 Å². The second kappa shape index (κ2) is 4.01. The number of fused-ring (bicyclic) bond motifs is 1. The van der Waals surface area contributed by atoms with Crippen LogP contribution in [-0.2, 0) is 6.42 Å². The molecule has 1 heterocycles. The van der Waals surface area contributed by atoms with Crippen LogP contribution in [0.15, 0.2) is 48.5 Å². The van der Waals surface area contributed by atoms with Crippen LogP contribution in [0.2, 0.25) is 0 Å². The lowest BCUT2D eigenvalue weighted by atomic mass is 10.1. The summed E-state index contributed by atoms with van der Waals surface area (Å²) in [5.74, 6) is 0.601. The third-order valence-electron chi connectivity index (χ3n) is 2.75. The summed E-state index contributed by atoms with van der Waals surface area (Å²) in [5.41, 5.74) is 2.56. The van der Waals surface area contributed by atoms with Gasteiger partial charge in [0.2, 0.25) is 0 Å². The third kappa shape index (κ3) is 1.91. The highest BCUT2D eigenvalue weighted by atomic mass is 19.1. The molecule has 0 aliphatic carbocycles. The van der Waals surface area contributed by atoms with Crippen molar-refractivity contribution in [2.75, 3.05) is 0 Å². The normalized spacial score (nSPS) is 10.9. The fraction of sp³-hybridized carbons (Fsp3) is 0.0714. The summed E-state index contributed by atoms with van der Waals surface area (Å²) in [4.78, 5) is 7.62. The van der Waals surface area contributed by atoms with Gasteiger partial charge < -0.3 is 4.98 Å². The van der Waals surface area contributed by atoms with Gasteiger partial charge in [0.05, 0.1) is 11.0 Å². The Morgan fingerprint density at radius 2 is 1.76 bits per heavy atom. The molecule has 84 valence electrons. The second-order valence-electron chi connectivity index (χ2n) is 3.97. The molecule has 3 heteroatoms. The highest BCUT2D eigenvalue weighted by molar-refractivity contribution is 5.74. The Balaban J connectivity index is 1.98. The van der Waals surface area contributed by atoms with Gasteiger partial charge in [-0.25, -0.2) is 9.37 Å². The van der Waals surface area contributed by atoms with Crippen LogP contribution in [-0.4, -0.2) is 9.97 Å². The lowest BCUT2D eigenvalue weighted by Crippen LogP contribution is -1.93. The van der Waals surface area contributed by atoms with Gasteiger partial charge in [0.1, 0.15) is 11.6 Å². The molecule has 0 unspecified atom stereocenters. The van der Waals surface area contributed by atoms with Crippen LogP contribution >= 0.6 is 0 Å². The number of hydrogen-bond donors (Lipinski definition) is 1. The number of H-pyrrole nitrogens is 1. The van der Waals surface area contributed by atoms with Crippen LogP contribution in [0.25, 0.3) is 11.0 Å². The highest BCUT2D eigenvalue weighted by Gasteiger charge is 2.06. The second-order valence-corrected chi connectivity index (χ2v) is 3.97. The number of aromatic amines is 1. The largest absolute Gasteiger partial charge is 0.342 e. The van der Waals surface area contributed by atoms with E-state index in [1.54, 1.807) is 12.1 Å². The van der Waals surface area contributed by atoms with Gasteiger partial charge in [-0.15, -0.1) is 0 Å². The number of rotatable bonds is 2. The van der Waals surface area contributed by atoms with Gasteiger partial charge in [-0.1, -0.05) is 30.3 Å². The Labute approximate surface area is 98.1 Å². The average Bonchev–Trinajstić information content (AvgIpc) is 2.74. The monoisotopic (exact) mass is 226 g/mol. The zero-order chi connectivity index (χ0) is 11.7. The van der Waals surface area contributed by atoms with E-state index in [9.17, 15) is 4.39 Å². The molecule has 3 rings (SSSR count). The summed E-state index contributed by atoms with van der Waals surface area (Å²) in [7, 11) is 0. The lowest BCUT2D eigenvalue weighted by Gasteiger charge is -1.99. The molecule has 1 aromatic heterocycles. The Morgan fingerprint density at radius 3 is 2.59 bits per heavy atom. The molecule has 0 fully saturated rings. The van der Waals surface area contributed by atoms with E-state index in [0.717, 1.165) is 16.9 Å². The maximum absolute atomic E-state index is 13.5. The molecule has 0 saturated carbocycles. The molecule has 0 spiro atoms. The van der Waals surface area contributed by atoms with E-state index in [1.807, 2.05) is 30.3 Å². The molecular weight excluding hydrogens is 215 g/mol. The van der Waals surface area contributed by atoms with Crippen molar-refractivity contribution >= 4 is 11.0 Å². The lowest BCUT2D eigenvalue weighted by molar-refractivity contribution is 0.612. The predicted molar refractivity (Wildman–Crippen MR) is 65.3 cm³/mol. The number of hydrogen-bond acceptors (Lipinski definition) is 1. The molecule has 0 radical (unpaired) electrons. The summed E-state index contributed by atoms with van der Waals surface area (Å²) < 4.78 is 13.5. The quantitative estimate of drug-likeness (QED) is 0.713. The predicted octanol–water partition coefficient (Wildman–Crippen LogP) is 3.29. The van der Waals surface area contributed by atoms with Crippen LogP contribution < -0.4 is 0 Å². The van der Waals surface area contributed by atoms with Gasteiger partial charge >= 0.3 is 0 Å². The van der Waals surface area contributed by atoms with Crippen LogP contribution in [0.5, 0.6) is 0 Å². The molecule has 3 aromatic rings. The molecule has 2 aromatic carbocycles. The Bertz CT molecular complexity index is 625. The van der Waals surface area contributed by atoms with Crippen LogP contribution in [0.1, 0.15) is 11.4 Å². The minimum atomic E-state index is -0.187. The number of nitrogens with zero attached hydrogens (tertiary/aromatic N) is 1. The van der Waals surface area contributed by atoms with Gasteiger partial charge in [-0.05, 0) is 23.8 Å². The Morgan fingerprint density at radius 1 is 1.00 bits per heavy atom. The first-order valence-electron chi connectivity index (χ1n) is 5.50. The van der Waals surface area contributed by atoms with Crippen molar-refractivity contribution in [2.45, 2.75) is 6.42 Å². The number of para-hydroxylation sites is 2. The summed E-state index contributed by atoms with van der Waals surface area (Å²) in [5, 5.41) is 0. The molecule has 17 heavy (non-hydrogen) atoms. The van der Waals surface area contributed by atoms with E-state index < -0.39 is 0 Å². The molecule has 0 bridgehead atoms. The molecule has 1 N–H and O–H groups in total. The van der Waals surface area contributed by atoms with Gasteiger partial charge in [0, 0.05) is 6.42 Å². The highest BCUT2D eigenvalue weighted by Crippen LogP contribution is 2.15. The van der Waals surface area contributed by atoms with Crippen molar-refractivity contribution in [1.29, 1.82) is 0 Å². The fourth-order valence-electron chi connectivity index (χ4n) is 1.91. The Kier molecular flexibility index (Phi) is 2.37. The van der Waals surface area contributed by atoms with Crippen molar-refractivity contribution in [3.8, 4) is 0 Å². The number of halogens is 1. The zero-order valence-corrected chi connectivity index (χ0v) is 9.15. The topological polar surface area (TPSA) is 28.7 Å². The molecule has 0 amide bonds. The number of aromatic nitrogens is 2. The number of benzene rings is 2. The fourth-order valence-corrected chi connectivity index (χ4v) is 1.91. The van der Waals surface area contributed by atoms with Gasteiger partial charge in [-0.3, -0.25) is 0 Å². The van der Waals surface area contributed by atoms with Gasteiger partial charge in [0.25, 0.3) is 0 Å². The first-order valence-corrected chi connectivity index (χ1v) is 5.50. The zero-order valence-electron chi connectivity index (χ0n) is 9.15. The van der Waals surface area contributed by atoms with Crippen LogP contribution in [0.3, 0.4) is 0 Å². The van der Waals surface area contributed by atoms with E-state index in [2.05, 4.69) is 9.97 Å². The van der Waals surface area contributed by atoms with Gasteiger partial charge in [0.15, 0.2) is 0 Å². The van der Waals surface area contributed by atoms with Crippen molar-refractivity contribution in [1.82, 2.24) is 9.97 Å². The Hall–Kier alpha value is -2.16. The van der Waals surface area contributed by atoms with E-state index in [0.29, 0.717) is 12.0 Å². The van der Waals surface area contributed by atoms with Crippen LogP contribution in [0.4, 0.5) is 4.39 Å². The van der Waals surface area contributed by atoms with E-state index in [4.69, 9.17) is 0 Å². The van der Waals surface area contributed by atoms with Crippen molar-refractivity contribution in [3.63, 3.8) is 0 Å². The molecular formula is C14H11FN2. The first-order chi connectivity index (χ1) is 8.33. The van der Waals surface area contributed by atoms with Crippen molar-refractivity contribution < 1.29 is 4.39 Å². The summed E-state index contributed by atoms with van der Waals surface area (Å²) >= 11 is 0. The SMILES string of the molecule is Fc1ccccc1Cc1nc2ccccc2[nH]1. The maximum Gasteiger partial charge on any atom is 0.126 e. The maximum atomic E-state index is 13.5. The average molecular weight is 226 g/mol. The number of imidazole rings is 1. The standard InChI is InChI=1S/C14H11FN2/c15-11-6-2-1-5-10(11)9-14-16-12-7-3-4-8-13(12)17-14/h1-8H,9H2,(H,16,17). The molecule has 0 saturated heterocycles. The molecule has 0 atom stereocenters. The molecule has 2 nitrogen and oxygen atoms in total. The smallest absolute Gasteiger partial charge is 0.126 e. The molecule has 0 aliphatic rings. The summed E-state index contributed by atoms with van der Waals surface area (Å²) in [6.07, 6.45) is 0.487.